The van der Waals surface area contributed by atoms with E-state index in [0.717, 1.165) is 0 Å². The van der Waals surface area contributed by atoms with Crippen molar-refractivity contribution in [1.82, 2.24) is 29.7 Å². The molecule has 3 aromatic rings. The van der Waals surface area contributed by atoms with Crippen LogP contribution >= 0.6 is 35.7 Å². The molecule has 5 rings (SSSR count). The van der Waals surface area contributed by atoms with E-state index in [1.807, 2.05) is 13.8 Å². The quantitative estimate of drug-likeness (QED) is 0.0956. The van der Waals surface area contributed by atoms with Crippen molar-refractivity contribution < 1.29 is 65.4 Å². The first-order chi connectivity index (χ1) is 20.9. The van der Waals surface area contributed by atoms with E-state index in [1.54, 1.807) is 6.07 Å². The number of ether oxygens (including phenoxy) is 3. The number of anilines is 2. The number of imidazole rings is 1. The summed E-state index contributed by atoms with van der Waals surface area (Å²) >= 11 is 5.24. The van der Waals surface area contributed by atoms with Crippen LogP contribution in [0.5, 0.6) is 0 Å². The highest BCUT2D eigenvalue weighted by Gasteiger charge is 2.56. The zero-order valence-corrected chi connectivity index (χ0v) is 26.5. The molecule has 5 heterocycles. The van der Waals surface area contributed by atoms with Crippen LogP contribution in [0.4, 0.5) is 11.8 Å². The van der Waals surface area contributed by atoms with Gasteiger partial charge in [-0.3, -0.25) is 19.0 Å². The molecule has 2 aliphatic rings. The van der Waals surface area contributed by atoms with Crippen LogP contribution in [0.15, 0.2) is 12.4 Å². The Morgan fingerprint density at radius 1 is 1.16 bits per heavy atom. The highest BCUT2D eigenvalue weighted by molar-refractivity contribution is 7.71. The molecule has 6 unspecified atom stereocenters. The molecular formula is C19H27N8O14P3S. The SMILES string of the molecule is CC(C)Cc1cc(NC(=O)[C@@H]2OC3C(COP(=O)(O)OP(=O)(O)OP(=O)(O)O)OC(n4cnc5c(=S)[nH]c(N)nc54)C3O2)[nH]n1. The predicted octanol–water partition coefficient (Wildman–Crippen LogP) is 0.982. The average molecular weight is 716 g/mol. The van der Waals surface area contributed by atoms with Crippen LogP contribution in [-0.4, -0.2) is 86.4 Å². The number of H-pyrrole nitrogens is 2. The number of aromatic nitrogens is 6. The molecule has 1 amide bonds. The molecule has 26 heteroatoms. The number of carbonyl (C=O) groups is 1. The molecule has 0 aliphatic carbocycles. The molecule has 0 aromatic carbocycles. The van der Waals surface area contributed by atoms with E-state index >= 15 is 0 Å². The summed E-state index contributed by atoms with van der Waals surface area (Å²) in [5.41, 5.74) is 6.91. The summed E-state index contributed by atoms with van der Waals surface area (Å²) in [6, 6.07) is 1.64. The Morgan fingerprint density at radius 3 is 2.56 bits per heavy atom. The lowest BCUT2D eigenvalue weighted by Crippen LogP contribution is -2.34. The van der Waals surface area contributed by atoms with Gasteiger partial charge in [-0.15, -0.1) is 0 Å². The smallest absolute Gasteiger partial charge is 0.369 e. The highest BCUT2D eigenvalue weighted by Crippen LogP contribution is 2.66. The second kappa shape index (κ2) is 12.6. The fraction of sp³-hybridized carbons (Fsp3) is 0.526. The van der Waals surface area contributed by atoms with Gasteiger partial charge in [0.25, 0.3) is 5.91 Å². The Morgan fingerprint density at radius 2 is 1.87 bits per heavy atom. The molecule has 0 radical (unpaired) electrons. The van der Waals surface area contributed by atoms with Crippen molar-refractivity contribution in [3.05, 3.63) is 22.7 Å². The molecule has 2 aliphatic heterocycles. The van der Waals surface area contributed by atoms with Gasteiger partial charge in [-0.25, -0.2) is 18.7 Å². The van der Waals surface area contributed by atoms with Gasteiger partial charge in [-0.1, -0.05) is 26.1 Å². The number of amides is 1. The first-order valence-electron chi connectivity index (χ1n) is 12.7. The summed E-state index contributed by atoms with van der Waals surface area (Å²) in [6.45, 7) is 3.12. The van der Waals surface area contributed by atoms with Gasteiger partial charge in [-0.2, -0.15) is 18.7 Å². The van der Waals surface area contributed by atoms with Crippen molar-refractivity contribution in [2.24, 2.45) is 5.92 Å². The standard InChI is InChI=1S/C19H27N8O14P3S/c1-7(2)3-8-4-10(26-25-8)22-15(28)18-38-12-9(5-36-43(32,33)41-44(34,35)40-42(29,30)31)37-17(13(12)39-18)27-6-21-11-14(27)23-19(20)24-16(11)45/h4,6-7,9,12-13,17-18H,3,5H2,1-2H3,(H,32,33)(H,34,35)(H2,29,30,31)(H3,20,23,24,45)(H2,22,25,26,28)/t9?,12?,13?,17?,18-/m1/s1. The minimum Gasteiger partial charge on any atom is -0.369 e. The molecule has 9 N–H and O–H groups in total. The molecule has 3 aromatic heterocycles. The van der Waals surface area contributed by atoms with Crippen LogP contribution in [-0.2, 0) is 52.3 Å². The Balaban J connectivity index is 1.36. The Bertz CT molecular complexity index is 1790. The summed E-state index contributed by atoms with van der Waals surface area (Å²) in [7, 11) is -16.9. The van der Waals surface area contributed by atoms with Crippen LogP contribution < -0.4 is 11.1 Å². The number of hydrogen-bond acceptors (Lipinski definition) is 15. The normalized spacial score (nSPS) is 26.2. The number of rotatable bonds is 12. The molecule has 0 spiro atoms. The van der Waals surface area contributed by atoms with Crippen molar-refractivity contribution in [3.8, 4) is 0 Å². The summed E-state index contributed by atoms with van der Waals surface area (Å²) < 4.78 is 66.4. The van der Waals surface area contributed by atoms with Crippen LogP contribution in [0.2, 0.25) is 0 Å². The van der Waals surface area contributed by atoms with E-state index in [9.17, 15) is 28.3 Å². The highest BCUT2D eigenvalue weighted by atomic mass is 32.1. The average Bonchev–Trinajstić information content (AvgIpc) is 3.64. The van der Waals surface area contributed by atoms with Crippen LogP contribution in [0.3, 0.4) is 0 Å². The predicted molar refractivity (Wildman–Crippen MR) is 150 cm³/mol. The maximum absolute atomic E-state index is 13.1. The minimum absolute atomic E-state index is 0.0507. The molecule has 7 atom stereocenters. The summed E-state index contributed by atoms with van der Waals surface area (Å²) in [4.78, 5) is 61.0. The zero-order chi connectivity index (χ0) is 32.9. The summed E-state index contributed by atoms with van der Waals surface area (Å²) in [5.74, 6) is -0.207. The molecule has 2 saturated heterocycles. The van der Waals surface area contributed by atoms with Crippen molar-refractivity contribution in [2.75, 3.05) is 17.7 Å². The lowest BCUT2D eigenvalue weighted by molar-refractivity contribution is -0.166. The largest absolute Gasteiger partial charge is 0.490 e. The zero-order valence-electron chi connectivity index (χ0n) is 23.0. The Hall–Kier alpha value is -2.46. The Kier molecular flexibility index (Phi) is 9.51. The minimum atomic E-state index is -5.77. The van der Waals surface area contributed by atoms with Gasteiger partial charge < -0.3 is 49.8 Å². The molecule has 0 saturated carbocycles. The third-order valence-corrected chi connectivity index (χ3v) is 10.2. The van der Waals surface area contributed by atoms with Crippen molar-refractivity contribution >= 4 is 64.5 Å². The van der Waals surface area contributed by atoms with Crippen molar-refractivity contribution in [1.29, 1.82) is 0 Å². The van der Waals surface area contributed by atoms with Crippen molar-refractivity contribution in [2.45, 2.75) is 51.1 Å². The third kappa shape index (κ3) is 8.10. The number of fused-ring (bicyclic) bond motifs is 2. The van der Waals surface area contributed by atoms with Gasteiger partial charge in [0.1, 0.15) is 34.3 Å². The van der Waals surface area contributed by atoms with Crippen LogP contribution in [0.25, 0.3) is 11.2 Å². The first-order valence-corrected chi connectivity index (χ1v) is 17.6. The Labute approximate surface area is 257 Å². The maximum atomic E-state index is 13.1. The first kappa shape index (κ1) is 33.9. The van der Waals surface area contributed by atoms with E-state index in [4.69, 9.17) is 46.5 Å². The van der Waals surface area contributed by atoms with E-state index in [0.29, 0.717) is 18.0 Å². The summed E-state index contributed by atoms with van der Waals surface area (Å²) in [6.07, 6.45) is -4.35. The molecule has 0 bridgehead atoms. The number of carbonyl (C=O) groups excluding carboxylic acids is 1. The fourth-order valence-corrected chi connectivity index (χ4v) is 7.84. The number of nitrogens with one attached hydrogen (secondary N) is 3. The summed E-state index contributed by atoms with van der Waals surface area (Å²) in [5, 5.41) is 9.43. The van der Waals surface area contributed by atoms with Crippen molar-refractivity contribution in [3.63, 3.8) is 0 Å². The molecule has 248 valence electrons. The van der Waals surface area contributed by atoms with Crippen LogP contribution in [0.1, 0.15) is 25.8 Å². The number of aromatic amines is 2. The van der Waals surface area contributed by atoms with Crippen LogP contribution in [0, 0.1) is 10.6 Å². The second-order valence-corrected chi connectivity index (χ2v) is 14.9. The topological polar surface area (TPSA) is 318 Å². The lowest BCUT2D eigenvalue weighted by Gasteiger charge is -2.22. The molecule has 22 nitrogen and oxygen atoms in total. The molecule has 2 fully saturated rings. The van der Waals surface area contributed by atoms with E-state index in [-0.39, 0.29) is 27.6 Å². The number of phosphoric acid groups is 3. The maximum Gasteiger partial charge on any atom is 0.490 e. The lowest BCUT2D eigenvalue weighted by atomic mass is 10.1. The molecule has 45 heavy (non-hydrogen) atoms. The van der Waals surface area contributed by atoms with Gasteiger partial charge in [-0.05, 0) is 12.3 Å². The monoisotopic (exact) mass is 716 g/mol. The third-order valence-electron chi connectivity index (χ3n) is 6.11. The number of nitrogen functional groups attached to an aromatic ring is 1. The van der Waals surface area contributed by atoms with E-state index in [2.05, 4.69) is 39.1 Å². The van der Waals surface area contributed by atoms with Gasteiger partial charge in [0.15, 0.2) is 11.9 Å². The number of hydrogen-bond donors (Lipinski definition) is 8. The van der Waals surface area contributed by atoms with E-state index < -0.39 is 66.8 Å². The van der Waals surface area contributed by atoms with Gasteiger partial charge in [0, 0.05) is 6.07 Å². The number of nitrogens with two attached hydrogens (primary N) is 1. The van der Waals surface area contributed by atoms with Gasteiger partial charge in [0.2, 0.25) is 12.2 Å². The van der Waals surface area contributed by atoms with Gasteiger partial charge >= 0.3 is 23.5 Å². The fourth-order valence-electron chi connectivity index (χ4n) is 4.56. The van der Waals surface area contributed by atoms with E-state index in [1.165, 1.54) is 10.9 Å². The molecular weight excluding hydrogens is 689 g/mol. The number of phosphoric ester groups is 1. The van der Waals surface area contributed by atoms with Gasteiger partial charge in [0.05, 0.1) is 18.6 Å². The second-order valence-electron chi connectivity index (χ2n) is 10.1. The number of nitrogens with zero attached hydrogens (tertiary/aromatic N) is 4.